The molecule has 20 heavy (non-hydrogen) atoms. The number of methoxy groups -OCH3 is 1. The topological polar surface area (TPSA) is 92.7 Å². The van der Waals surface area contributed by atoms with Gasteiger partial charge in [0.25, 0.3) is 0 Å². The van der Waals surface area contributed by atoms with Gasteiger partial charge in [-0.15, -0.1) is 0 Å². The first-order valence-corrected chi connectivity index (χ1v) is 7.14. The summed E-state index contributed by atoms with van der Waals surface area (Å²) >= 11 is 0. The molecule has 0 aromatic heterocycles. The van der Waals surface area contributed by atoms with Gasteiger partial charge in [0.2, 0.25) is 5.91 Å². The maximum atomic E-state index is 12.1. The summed E-state index contributed by atoms with van der Waals surface area (Å²) in [6, 6.07) is -1.01. The van der Waals surface area contributed by atoms with E-state index < -0.39 is 18.0 Å². The van der Waals surface area contributed by atoms with E-state index in [-0.39, 0.29) is 24.7 Å². The molecule has 2 fully saturated rings. The highest BCUT2D eigenvalue weighted by molar-refractivity contribution is 5.87. The highest BCUT2D eigenvalue weighted by Gasteiger charge is 2.55. The number of hydrogen-bond acceptors (Lipinski definition) is 4. The second-order valence-electron chi connectivity index (χ2n) is 5.65. The van der Waals surface area contributed by atoms with E-state index >= 15 is 0 Å². The zero-order chi connectivity index (χ0) is 14.7. The Morgan fingerprint density at radius 1 is 1.25 bits per heavy atom. The summed E-state index contributed by atoms with van der Waals surface area (Å²) in [6.45, 7) is 0. The monoisotopic (exact) mass is 283 g/mol. The Hall–Kier alpha value is -1.59. The number of rotatable bonds is 6. The van der Waals surface area contributed by atoms with Gasteiger partial charge in [-0.1, -0.05) is 12.8 Å². The molecule has 0 radical (unpaired) electrons. The lowest BCUT2D eigenvalue weighted by molar-refractivity contribution is -0.144. The van der Waals surface area contributed by atoms with E-state index in [2.05, 4.69) is 10.1 Å². The number of fused-ring (bicyclic) bond motifs is 1. The first-order chi connectivity index (χ1) is 9.54. The lowest BCUT2D eigenvalue weighted by atomic mass is 10.0. The highest BCUT2D eigenvalue weighted by atomic mass is 16.5. The number of esters is 1. The maximum absolute atomic E-state index is 12.1. The van der Waals surface area contributed by atoms with Crippen molar-refractivity contribution in [2.24, 2.45) is 17.8 Å². The molecular formula is C14H21NO5. The molecule has 1 amide bonds. The van der Waals surface area contributed by atoms with Crippen LogP contribution in [0.4, 0.5) is 0 Å². The van der Waals surface area contributed by atoms with Crippen LogP contribution in [-0.2, 0) is 19.1 Å². The molecule has 112 valence electrons. The number of nitrogens with one attached hydrogen (secondary N) is 1. The molecule has 0 saturated heterocycles. The van der Waals surface area contributed by atoms with Crippen LogP contribution in [0.3, 0.4) is 0 Å². The molecule has 2 N–H and O–H groups in total. The third-order valence-corrected chi connectivity index (χ3v) is 4.44. The van der Waals surface area contributed by atoms with Crippen molar-refractivity contribution in [1.29, 1.82) is 0 Å². The van der Waals surface area contributed by atoms with E-state index in [1.807, 2.05) is 0 Å². The van der Waals surface area contributed by atoms with Crippen LogP contribution >= 0.6 is 0 Å². The average molecular weight is 283 g/mol. The summed E-state index contributed by atoms with van der Waals surface area (Å²) in [6.07, 6.45) is 4.53. The van der Waals surface area contributed by atoms with E-state index in [1.54, 1.807) is 0 Å². The smallest absolute Gasteiger partial charge is 0.326 e. The summed E-state index contributed by atoms with van der Waals surface area (Å²) < 4.78 is 4.48. The fourth-order valence-corrected chi connectivity index (χ4v) is 3.27. The number of amides is 1. The molecule has 2 saturated carbocycles. The minimum absolute atomic E-state index is 0.00866. The Morgan fingerprint density at radius 2 is 1.85 bits per heavy atom. The SMILES string of the molecule is COC(=O)CC[C@H](NC(=O)C1C2CCCCC21)C(=O)O. The molecule has 6 nitrogen and oxygen atoms in total. The quantitative estimate of drug-likeness (QED) is 0.708. The van der Waals surface area contributed by atoms with Gasteiger partial charge in [-0.05, 0) is 31.1 Å². The van der Waals surface area contributed by atoms with Crippen LogP contribution in [0.15, 0.2) is 0 Å². The molecule has 2 aliphatic rings. The summed E-state index contributed by atoms with van der Waals surface area (Å²) in [7, 11) is 1.26. The van der Waals surface area contributed by atoms with E-state index in [0.717, 1.165) is 25.7 Å². The Bertz CT molecular complexity index is 396. The zero-order valence-corrected chi connectivity index (χ0v) is 11.6. The number of carboxylic acids is 1. The molecule has 2 unspecified atom stereocenters. The average Bonchev–Trinajstić information content (AvgIpc) is 3.16. The maximum Gasteiger partial charge on any atom is 0.326 e. The van der Waals surface area contributed by atoms with Gasteiger partial charge in [0.05, 0.1) is 7.11 Å². The molecule has 2 rings (SSSR count). The second-order valence-corrected chi connectivity index (χ2v) is 5.65. The first-order valence-electron chi connectivity index (χ1n) is 7.14. The lowest BCUT2D eigenvalue weighted by Crippen LogP contribution is -2.42. The van der Waals surface area contributed by atoms with Gasteiger partial charge in [-0.2, -0.15) is 0 Å². The standard InChI is InChI=1S/C14H21NO5/c1-20-11(16)7-6-10(14(18)19)15-13(17)12-8-4-2-3-5-9(8)12/h8-10,12H,2-7H2,1H3,(H,15,17)(H,18,19)/t8?,9?,10-,12?/m0/s1. The number of carboxylic acid groups (broad SMARTS) is 1. The summed E-state index contributed by atoms with van der Waals surface area (Å²) in [4.78, 5) is 34.3. The predicted octanol–water partition coefficient (Wildman–Crippen LogP) is 0.945. The predicted molar refractivity (Wildman–Crippen MR) is 69.8 cm³/mol. The van der Waals surface area contributed by atoms with Gasteiger partial charge < -0.3 is 15.2 Å². The van der Waals surface area contributed by atoms with Gasteiger partial charge in [-0.3, -0.25) is 9.59 Å². The van der Waals surface area contributed by atoms with E-state index in [4.69, 9.17) is 5.11 Å². The van der Waals surface area contributed by atoms with Crippen LogP contribution in [0, 0.1) is 17.8 Å². The van der Waals surface area contributed by atoms with Crippen LogP contribution in [0.1, 0.15) is 38.5 Å². The minimum Gasteiger partial charge on any atom is -0.480 e. The molecule has 6 heteroatoms. The van der Waals surface area contributed by atoms with Crippen molar-refractivity contribution in [2.45, 2.75) is 44.6 Å². The molecule has 0 spiro atoms. The van der Waals surface area contributed by atoms with Crippen molar-refractivity contribution < 1.29 is 24.2 Å². The number of hydrogen-bond donors (Lipinski definition) is 2. The second kappa shape index (κ2) is 6.24. The third kappa shape index (κ3) is 3.29. The largest absolute Gasteiger partial charge is 0.480 e. The Labute approximate surface area is 117 Å². The van der Waals surface area contributed by atoms with Crippen molar-refractivity contribution in [3.63, 3.8) is 0 Å². The fourth-order valence-electron chi connectivity index (χ4n) is 3.27. The van der Waals surface area contributed by atoms with E-state index in [1.165, 1.54) is 7.11 Å². The first kappa shape index (κ1) is 14.8. The van der Waals surface area contributed by atoms with Gasteiger partial charge in [0.15, 0.2) is 0 Å². The van der Waals surface area contributed by atoms with Crippen LogP contribution in [-0.4, -0.2) is 36.1 Å². The molecule has 3 atom stereocenters. The van der Waals surface area contributed by atoms with Gasteiger partial charge in [0, 0.05) is 12.3 Å². The van der Waals surface area contributed by atoms with Crippen LogP contribution in [0.2, 0.25) is 0 Å². The third-order valence-electron chi connectivity index (χ3n) is 4.44. The van der Waals surface area contributed by atoms with Gasteiger partial charge in [-0.25, -0.2) is 4.79 Å². The summed E-state index contributed by atoms with van der Waals surface area (Å²) in [5, 5.41) is 11.7. The van der Waals surface area contributed by atoms with E-state index in [0.29, 0.717) is 11.8 Å². The summed E-state index contributed by atoms with van der Waals surface area (Å²) in [5.41, 5.74) is 0. The fraction of sp³-hybridized carbons (Fsp3) is 0.786. The number of ether oxygens (including phenoxy) is 1. The van der Waals surface area contributed by atoms with Crippen LogP contribution < -0.4 is 5.32 Å². The Morgan fingerprint density at radius 3 is 2.35 bits per heavy atom. The number of carbonyl (C=O) groups excluding carboxylic acids is 2. The van der Waals surface area contributed by atoms with Crippen molar-refractivity contribution in [3.05, 3.63) is 0 Å². The number of carbonyl (C=O) groups is 3. The molecule has 0 aromatic carbocycles. The van der Waals surface area contributed by atoms with Crippen LogP contribution in [0.25, 0.3) is 0 Å². The lowest BCUT2D eigenvalue weighted by Gasteiger charge is -2.14. The molecule has 0 aromatic rings. The molecule has 0 bridgehead atoms. The minimum atomic E-state index is -1.11. The molecule has 2 aliphatic carbocycles. The van der Waals surface area contributed by atoms with Crippen LogP contribution in [0.5, 0.6) is 0 Å². The van der Waals surface area contributed by atoms with Crippen molar-refractivity contribution in [1.82, 2.24) is 5.32 Å². The molecule has 0 aliphatic heterocycles. The van der Waals surface area contributed by atoms with Gasteiger partial charge in [0.1, 0.15) is 6.04 Å². The van der Waals surface area contributed by atoms with Crippen molar-refractivity contribution >= 4 is 17.8 Å². The Balaban J connectivity index is 1.83. The van der Waals surface area contributed by atoms with E-state index in [9.17, 15) is 14.4 Å². The zero-order valence-electron chi connectivity index (χ0n) is 11.6. The Kier molecular flexibility index (Phi) is 4.62. The normalized spacial score (nSPS) is 28.9. The highest BCUT2D eigenvalue weighted by Crippen LogP contribution is 2.55. The van der Waals surface area contributed by atoms with Crippen molar-refractivity contribution in [2.75, 3.05) is 7.11 Å². The van der Waals surface area contributed by atoms with Gasteiger partial charge >= 0.3 is 11.9 Å². The molecule has 0 heterocycles. The summed E-state index contributed by atoms with van der Waals surface area (Å²) in [5.74, 6) is -0.870. The number of aliphatic carboxylic acids is 1. The van der Waals surface area contributed by atoms with Crippen molar-refractivity contribution in [3.8, 4) is 0 Å². The molecular weight excluding hydrogens is 262 g/mol.